The van der Waals surface area contributed by atoms with Crippen molar-refractivity contribution in [1.82, 2.24) is 5.32 Å². The minimum Gasteiger partial charge on any atom is -0.313 e. The van der Waals surface area contributed by atoms with Crippen LogP contribution in [0.2, 0.25) is 15.1 Å². The lowest BCUT2D eigenvalue weighted by molar-refractivity contribution is 0.641. The van der Waals surface area contributed by atoms with Crippen molar-refractivity contribution in [3.05, 3.63) is 32.8 Å². The highest BCUT2D eigenvalue weighted by atomic mass is 35.5. The number of unbranched alkanes of at least 4 members (excludes halogenated alkanes) is 1. The first-order valence-electron chi connectivity index (χ1n) is 5.00. The van der Waals surface area contributed by atoms with Gasteiger partial charge in [0.2, 0.25) is 0 Å². The van der Waals surface area contributed by atoms with Crippen LogP contribution in [0, 0.1) is 0 Å². The first-order chi connectivity index (χ1) is 7.16. The summed E-state index contributed by atoms with van der Waals surface area (Å²) in [6.45, 7) is 3.79. The Kier molecular flexibility index (Phi) is 5.77. The highest BCUT2D eigenvalue weighted by molar-refractivity contribution is 6.44. The van der Waals surface area contributed by atoms with Crippen LogP contribution in [0.3, 0.4) is 0 Å². The molecule has 0 fully saturated rings. The fourth-order valence-corrected chi connectivity index (χ4v) is 1.93. The molecule has 0 heterocycles. The molecule has 0 saturated heterocycles. The van der Waals surface area contributed by atoms with E-state index in [0.29, 0.717) is 21.6 Å². The van der Waals surface area contributed by atoms with E-state index in [-0.39, 0.29) is 0 Å². The molecular formula is C11H14Cl3N. The van der Waals surface area contributed by atoms with Crippen LogP contribution in [0.4, 0.5) is 0 Å². The van der Waals surface area contributed by atoms with Crippen molar-refractivity contribution in [3.63, 3.8) is 0 Å². The Hall–Kier alpha value is 0.0500. The van der Waals surface area contributed by atoms with Gasteiger partial charge < -0.3 is 5.32 Å². The van der Waals surface area contributed by atoms with Gasteiger partial charge in [-0.2, -0.15) is 0 Å². The predicted octanol–water partition coefficient (Wildman–Crippen LogP) is 4.54. The Labute approximate surface area is 106 Å². The fraction of sp³-hybridized carbons (Fsp3) is 0.455. The molecule has 1 nitrogen and oxygen atoms in total. The number of rotatable bonds is 5. The molecule has 1 rings (SSSR count). The average Bonchev–Trinajstić information content (AvgIpc) is 2.23. The van der Waals surface area contributed by atoms with Gasteiger partial charge in [0, 0.05) is 17.1 Å². The molecular weight excluding hydrogens is 252 g/mol. The summed E-state index contributed by atoms with van der Waals surface area (Å²) in [5, 5.41) is 5.04. The molecule has 4 heteroatoms. The third-order valence-corrected chi connectivity index (χ3v) is 3.35. The van der Waals surface area contributed by atoms with E-state index in [2.05, 4.69) is 12.2 Å². The minimum absolute atomic E-state index is 0.549. The fourth-order valence-electron chi connectivity index (χ4n) is 1.25. The van der Waals surface area contributed by atoms with Crippen molar-refractivity contribution < 1.29 is 0 Å². The molecule has 15 heavy (non-hydrogen) atoms. The van der Waals surface area contributed by atoms with Crippen LogP contribution in [0.1, 0.15) is 25.3 Å². The summed E-state index contributed by atoms with van der Waals surface area (Å²) in [6.07, 6.45) is 2.32. The minimum atomic E-state index is 0.549. The second-order valence-corrected chi connectivity index (χ2v) is 4.54. The van der Waals surface area contributed by atoms with E-state index >= 15 is 0 Å². The summed E-state index contributed by atoms with van der Waals surface area (Å²) in [6, 6.07) is 3.48. The van der Waals surface area contributed by atoms with E-state index in [1.165, 1.54) is 6.42 Å². The van der Waals surface area contributed by atoms with Gasteiger partial charge in [-0.3, -0.25) is 0 Å². The zero-order valence-electron chi connectivity index (χ0n) is 8.62. The molecule has 1 N–H and O–H groups in total. The molecule has 0 radical (unpaired) electrons. The lowest BCUT2D eigenvalue weighted by atomic mass is 10.2. The molecule has 0 spiro atoms. The summed E-state index contributed by atoms with van der Waals surface area (Å²) < 4.78 is 0. The zero-order valence-corrected chi connectivity index (χ0v) is 10.9. The highest BCUT2D eigenvalue weighted by Gasteiger charge is 2.08. The Morgan fingerprint density at radius 1 is 1.13 bits per heavy atom. The molecule has 0 amide bonds. The normalized spacial score (nSPS) is 10.7. The van der Waals surface area contributed by atoms with Crippen LogP contribution in [0.15, 0.2) is 12.1 Å². The van der Waals surface area contributed by atoms with Crippen LogP contribution in [-0.2, 0) is 6.54 Å². The maximum Gasteiger partial charge on any atom is 0.0652 e. The molecule has 0 atom stereocenters. The van der Waals surface area contributed by atoms with Crippen molar-refractivity contribution in [1.29, 1.82) is 0 Å². The quantitative estimate of drug-likeness (QED) is 0.609. The summed E-state index contributed by atoms with van der Waals surface area (Å²) in [5.74, 6) is 0. The maximum absolute atomic E-state index is 6.05. The van der Waals surface area contributed by atoms with Crippen LogP contribution in [0.5, 0.6) is 0 Å². The van der Waals surface area contributed by atoms with Gasteiger partial charge in [-0.05, 0) is 25.1 Å². The Morgan fingerprint density at radius 3 is 2.47 bits per heavy atom. The summed E-state index contributed by atoms with van der Waals surface area (Å²) in [7, 11) is 0. The monoisotopic (exact) mass is 265 g/mol. The second kappa shape index (κ2) is 6.59. The van der Waals surface area contributed by atoms with E-state index in [1.807, 2.05) is 0 Å². The summed E-state index contributed by atoms with van der Waals surface area (Å²) in [5.41, 5.74) is 0.877. The maximum atomic E-state index is 6.05. The summed E-state index contributed by atoms with van der Waals surface area (Å²) in [4.78, 5) is 0. The zero-order chi connectivity index (χ0) is 11.3. The highest BCUT2D eigenvalue weighted by Crippen LogP contribution is 2.31. The van der Waals surface area contributed by atoms with Gasteiger partial charge >= 0.3 is 0 Å². The van der Waals surface area contributed by atoms with Gasteiger partial charge in [-0.25, -0.2) is 0 Å². The van der Waals surface area contributed by atoms with Gasteiger partial charge in [0.05, 0.1) is 10.0 Å². The molecule has 0 aliphatic carbocycles. The van der Waals surface area contributed by atoms with Crippen LogP contribution < -0.4 is 5.32 Å². The number of hydrogen-bond acceptors (Lipinski definition) is 1. The molecule has 84 valence electrons. The van der Waals surface area contributed by atoms with Gasteiger partial charge in [0.25, 0.3) is 0 Å². The number of hydrogen-bond donors (Lipinski definition) is 1. The van der Waals surface area contributed by atoms with Crippen molar-refractivity contribution in [2.75, 3.05) is 6.54 Å². The van der Waals surface area contributed by atoms with Gasteiger partial charge in [-0.1, -0.05) is 48.1 Å². The van der Waals surface area contributed by atoms with E-state index in [4.69, 9.17) is 34.8 Å². The standard InChI is InChI=1S/C11H14Cl3N/c1-2-3-6-15-7-8-9(12)4-5-10(13)11(8)14/h4-5,15H,2-3,6-7H2,1H3. The molecule has 0 unspecified atom stereocenters. The van der Waals surface area contributed by atoms with E-state index in [1.54, 1.807) is 12.1 Å². The SMILES string of the molecule is CCCCNCc1c(Cl)ccc(Cl)c1Cl. The molecule has 1 aromatic rings. The predicted molar refractivity (Wildman–Crippen MR) is 68.1 cm³/mol. The first kappa shape index (κ1) is 13.1. The lowest BCUT2D eigenvalue weighted by Gasteiger charge is -2.09. The van der Waals surface area contributed by atoms with Crippen molar-refractivity contribution >= 4 is 34.8 Å². The van der Waals surface area contributed by atoms with E-state index in [0.717, 1.165) is 18.5 Å². The Bertz CT molecular complexity index is 326. The second-order valence-electron chi connectivity index (χ2n) is 3.35. The van der Waals surface area contributed by atoms with Crippen molar-refractivity contribution in [2.24, 2.45) is 0 Å². The molecule has 0 aliphatic rings. The van der Waals surface area contributed by atoms with Gasteiger partial charge in [0.1, 0.15) is 0 Å². The number of halogens is 3. The van der Waals surface area contributed by atoms with Crippen LogP contribution in [0.25, 0.3) is 0 Å². The molecule has 0 bridgehead atoms. The first-order valence-corrected chi connectivity index (χ1v) is 6.13. The lowest BCUT2D eigenvalue weighted by Crippen LogP contribution is -2.15. The van der Waals surface area contributed by atoms with Gasteiger partial charge in [0.15, 0.2) is 0 Å². The van der Waals surface area contributed by atoms with Crippen LogP contribution in [-0.4, -0.2) is 6.54 Å². The largest absolute Gasteiger partial charge is 0.313 e. The average molecular weight is 267 g/mol. The Balaban J connectivity index is 2.63. The van der Waals surface area contributed by atoms with E-state index < -0.39 is 0 Å². The van der Waals surface area contributed by atoms with Crippen LogP contribution >= 0.6 is 34.8 Å². The Morgan fingerprint density at radius 2 is 1.80 bits per heavy atom. The summed E-state index contributed by atoms with van der Waals surface area (Å²) >= 11 is 18.0. The molecule has 1 aromatic carbocycles. The molecule has 0 aliphatic heterocycles. The molecule has 0 aromatic heterocycles. The topological polar surface area (TPSA) is 12.0 Å². The van der Waals surface area contributed by atoms with Crippen molar-refractivity contribution in [3.8, 4) is 0 Å². The number of nitrogens with one attached hydrogen (secondary N) is 1. The van der Waals surface area contributed by atoms with Crippen molar-refractivity contribution in [2.45, 2.75) is 26.3 Å². The third kappa shape index (κ3) is 3.84. The third-order valence-electron chi connectivity index (χ3n) is 2.15. The van der Waals surface area contributed by atoms with Gasteiger partial charge in [-0.15, -0.1) is 0 Å². The van der Waals surface area contributed by atoms with E-state index in [9.17, 15) is 0 Å². The molecule has 0 saturated carbocycles. The smallest absolute Gasteiger partial charge is 0.0652 e. The number of benzene rings is 1.